The summed E-state index contributed by atoms with van der Waals surface area (Å²) in [6, 6.07) is 3.94. The molecule has 0 unspecified atom stereocenters. The number of carbonyl (C=O) groups excluding carboxylic acids is 1. The number of methoxy groups -OCH3 is 2. The van der Waals surface area contributed by atoms with Crippen LogP contribution in [0.25, 0.3) is 0 Å². The maximum atomic E-state index is 11.0. The Hall–Kier alpha value is -1.71. The Morgan fingerprint density at radius 1 is 1.21 bits per heavy atom. The van der Waals surface area contributed by atoms with E-state index in [4.69, 9.17) is 9.47 Å². The molecule has 0 atom stereocenters. The van der Waals surface area contributed by atoms with Crippen LogP contribution >= 0.6 is 0 Å². The van der Waals surface area contributed by atoms with Gasteiger partial charge in [-0.3, -0.25) is 0 Å². The summed E-state index contributed by atoms with van der Waals surface area (Å²) < 4.78 is 10.6. The zero-order valence-electron chi connectivity index (χ0n) is 12.4. The molecular weight excluding hydrogens is 242 g/mol. The van der Waals surface area contributed by atoms with Crippen molar-refractivity contribution in [3.8, 4) is 11.5 Å². The fraction of sp³-hybridized carbons (Fsp3) is 0.533. The molecule has 19 heavy (non-hydrogen) atoms. The summed E-state index contributed by atoms with van der Waals surface area (Å²) in [6.45, 7) is 4.51. The molecule has 0 saturated carbocycles. The Bertz CT molecular complexity index is 443. The van der Waals surface area contributed by atoms with Gasteiger partial charge in [-0.1, -0.05) is 0 Å². The van der Waals surface area contributed by atoms with Crippen molar-refractivity contribution in [2.24, 2.45) is 0 Å². The molecule has 106 valence electrons. The number of carbonyl (C=O) groups is 1. The first-order valence-corrected chi connectivity index (χ1v) is 6.42. The average molecular weight is 265 g/mol. The molecule has 0 N–H and O–H groups in total. The normalized spacial score (nSPS) is 10.2. The van der Waals surface area contributed by atoms with Crippen molar-refractivity contribution < 1.29 is 14.3 Å². The molecule has 4 heteroatoms. The third-order valence-electron chi connectivity index (χ3n) is 3.14. The molecule has 1 aromatic rings. The van der Waals surface area contributed by atoms with E-state index in [2.05, 4.69) is 4.90 Å². The zero-order valence-corrected chi connectivity index (χ0v) is 12.4. The molecule has 0 aromatic heterocycles. The van der Waals surface area contributed by atoms with Crippen molar-refractivity contribution >= 4 is 11.5 Å². The fourth-order valence-electron chi connectivity index (χ4n) is 2.07. The van der Waals surface area contributed by atoms with E-state index in [1.54, 1.807) is 21.1 Å². The van der Waals surface area contributed by atoms with Gasteiger partial charge < -0.3 is 19.2 Å². The molecule has 1 rings (SSSR count). The van der Waals surface area contributed by atoms with Gasteiger partial charge in [0.25, 0.3) is 0 Å². The molecule has 0 radical (unpaired) electrons. The lowest BCUT2D eigenvalue weighted by molar-refractivity contribution is -0.117. The average Bonchev–Trinajstić information content (AvgIpc) is 2.37. The molecule has 0 bridgehead atoms. The molecule has 0 aliphatic heterocycles. The zero-order chi connectivity index (χ0) is 14.4. The quantitative estimate of drug-likeness (QED) is 0.760. The van der Waals surface area contributed by atoms with Crippen LogP contribution < -0.4 is 14.4 Å². The van der Waals surface area contributed by atoms with Crippen molar-refractivity contribution in [3.63, 3.8) is 0 Å². The SMILES string of the molecule is COc1cc(C)c(N(C)CCCC(C)=O)cc1OC. The van der Waals surface area contributed by atoms with Crippen molar-refractivity contribution in [1.82, 2.24) is 0 Å². The van der Waals surface area contributed by atoms with Crippen LogP contribution in [-0.4, -0.2) is 33.6 Å². The number of Topliss-reactive ketones (excluding diaryl/α,β-unsaturated/α-hetero) is 1. The first-order valence-electron chi connectivity index (χ1n) is 6.42. The summed E-state index contributed by atoms with van der Waals surface area (Å²) in [5, 5.41) is 0. The van der Waals surface area contributed by atoms with Gasteiger partial charge in [-0.15, -0.1) is 0 Å². The smallest absolute Gasteiger partial charge is 0.162 e. The van der Waals surface area contributed by atoms with Crippen LogP contribution in [-0.2, 0) is 4.79 Å². The highest BCUT2D eigenvalue weighted by Crippen LogP contribution is 2.34. The molecule has 0 fully saturated rings. The lowest BCUT2D eigenvalue weighted by Gasteiger charge is -2.23. The Morgan fingerprint density at radius 3 is 2.32 bits per heavy atom. The van der Waals surface area contributed by atoms with Crippen LogP contribution in [0.2, 0.25) is 0 Å². The summed E-state index contributed by atoms with van der Waals surface area (Å²) in [4.78, 5) is 13.1. The maximum absolute atomic E-state index is 11.0. The van der Waals surface area contributed by atoms with Gasteiger partial charge in [-0.05, 0) is 31.9 Å². The van der Waals surface area contributed by atoms with E-state index in [-0.39, 0.29) is 5.78 Å². The van der Waals surface area contributed by atoms with E-state index in [0.29, 0.717) is 6.42 Å². The summed E-state index contributed by atoms with van der Waals surface area (Å²) in [6.07, 6.45) is 1.48. The first kappa shape index (κ1) is 15.3. The van der Waals surface area contributed by atoms with E-state index in [1.165, 1.54) is 0 Å². The van der Waals surface area contributed by atoms with Gasteiger partial charge >= 0.3 is 0 Å². The number of benzene rings is 1. The number of ketones is 1. The lowest BCUT2D eigenvalue weighted by Crippen LogP contribution is -2.20. The van der Waals surface area contributed by atoms with Gasteiger partial charge in [0.1, 0.15) is 5.78 Å². The number of nitrogens with zero attached hydrogens (tertiary/aromatic N) is 1. The van der Waals surface area contributed by atoms with E-state index in [0.717, 1.165) is 35.7 Å². The van der Waals surface area contributed by atoms with Gasteiger partial charge in [0.15, 0.2) is 11.5 Å². The number of rotatable bonds is 7. The van der Waals surface area contributed by atoms with Crippen molar-refractivity contribution in [2.45, 2.75) is 26.7 Å². The van der Waals surface area contributed by atoms with E-state index >= 15 is 0 Å². The van der Waals surface area contributed by atoms with Crippen molar-refractivity contribution in [2.75, 3.05) is 32.7 Å². The lowest BCUT2D eigenvalue weighted by atomic mass is 10.1. The minimum atomic E-state index is 0.234. The summed E-state index contributed by atoms with van der Waals surface area (Å²) in [7, 11) is 5.29. The second kappa shape index (κ2) is 7.02. The summed E-state index contributed by atoms with van der Waals surface area (Å²) in [5.41, 5.74) is 2.23. The number of aryl methyl sites for hydroxylation is 1. The molecular formula is C15H23NO3. The number of hydrogen-bond acceptors (Lipinski definition) is 4. The number of ether oxygens (including phenoxy) is 2. The van der Waals surface area contributed by atoms with E-state index in [1.807, 2.05) is 26.1 Å². The monoisotopic (exact) mass is 265 g/mol. The van der Waals surface area contributed by atoms with Crippen LogP contribution in [0.4, 0.5) is 5.69 Å². The number of hydrogen-bond donors (Lipinski definition) is 0. The Labute approximate surface area is 115 Å². The summed E-state index contributed by atoms with van der Waals surface area (Å²) in [5.74, 6) is 1.69. The molecule has 1 aromatic carbocycles. The van der Waals surface area contributed by atoms with Crippen LogP contribution in [0.15, 0.2) is 12.1 Å². The molecule has 0 aliphatic carbocycles. The van der Waals surface area contributed by atoms with E-state index in [9.17, 15) is 4.79 Å². The fourth-order valence-corrected chi connectivity index (χ4v) is 2.07. The third kappa shape index (κ3) is 4.16. The molecule has 0 spiro atoms. The topological polar surface area (TPSA) is 38.8 Å². The van der Waals surface area contributed by atoms with Crippen LogP contribution in [0, 0.1) is 6.92 Å². The van der Waals surface area contributed by atoms with Gasteiger partial charge in [-0.25, -0.2) is 0 Å². The van der Waals surface area contributed by atoms with E-state index < -0.39 is 0 Å². The highest BCUT2D eigenvalue weighted by atomic mass is 16.5. The second-order valence-electron chi connectivity index (χ2n) is 4.72. The Morgan fingerprint density at radius 2 is 1.79 bits per heavy atom. The van der Waals surface area contributed by atoms with Gasteiger partial charge in [0.2, 0.25) is 0 Å². The minimum Gasteiger partial charge on any atom is -0.493 e. The minimum absolute atomic E-state index is 0.234. The Kier molecular flexibility index (Phi) is 5.67. The van der Waals surface area contributed by atoms with Crippen molar-refractivity contribution in [3.05, 3.63) is 17.7 Å². The number of anilines is 1. The Balaban J connectivity index is 2.84. The largest absolute Gasteiger partial charge is 0.493 e. The first-order chi connectivity index (χ1) is 8.99. The molecule has 0 amide bonds. The highest BCUT2D eigenvalue weighted by molar-refractivity contribution is 5.75. The molecule has 0 aliphatic rings. The van der Waals surface area contributed by atoms with Crippen LogP contribution in [0.5, 0.6) is 11.5 Å². The maximum Gasteiger partial charge on any atom is 0.162 e. The highest BCUT2D eigenvalue weighted by Gasteiger charge is 2.11. The van der Waals surface area contributed by atoms with Gasteiger partial charge in [0.05, 0.1) is 14.2 Å². The predicted octanol–water partition coefficient (Wildman–Crippen LogP) is 2.82. The van der Waals surface area contributed by atoms with Crippen LogP contribution in [0.1, 0.15) is 25.3 Å². The standard InChI is InChI=1S/C15H23NO3/c1-11-9-14(18-4)15(19-5)10-13(11)16(3)8-6-7-12(2)17/h9-10H,6-8H2,1-5H3. The van der Waals surface area contributed by atoms with Gasteiger partial charge in [0, 0.05) is 31.8 Å². The third-order valence-corrected chi connectivity index (χ3v) is 3.14. The summed E-state index contributed by atoms with van der Waals surface area (Å²) >= 11 is 0. The molecule has 4 nitrogen and oxygen atoms in total. The molecule has 0 saturated heterocycles. The molecule has 0 heterocycles. The predicted molar refractivity (Wildman–Crippen MR) is 77.5 cm³/mol. The second-order valence-corrected chi connectivity index (χ2v) is 4.72. The van der Waals surface area contributed by atoms with Crippen LogP contribution in [0.3, 0.4) is 0 Å². The van der Waals surface area contributed by atoms with Crippen molar-refractivity contribution in [1.29, 1.82) is 0 Å². The van der Waals surface area contributed by atoms with Gasteiger partial charge in [-0.2, -0.15) is 0 Å².